The molecule has 0 bridgehead atoms. The highest BCUT2D eigenvalue weighted by atomic mass is 32.1. The first-order valence-corrected chi connectivity index (χ1v) is 9.79. The van der Waals surface area contributed by atoms with Crippen LogP contribution in [-0.2, 0) is 0 Å². The van der Waals surface area contributed by atoms with E-state index < -0.39 is 0 Å². The fourth-order valence-electron chi connectivity index (χ4n) is 2.87. The number of carbonyl (C=O) groups is 1. The lowest BCUT2D eigenvalue weighted by atomic mass is 9.96. The van der Waals surface area contributed by atoms with E-state index in [1.165, 1.54) is 16.9 Å². The fourth-order valence-corrected chi connectivity index (χ4v) is 3.89. The maximum absolute atomic E-state index is 13.1. The molecule has 2 rings (SSSR count). The molecule has 0 fully saturated rings. The van der Waals surface area contributed by atoms with Gasteiger partial charge in [-0.1, -0.05) is 55.5 Å². The molecule has 4 nitrogen and oxygen atoms in total. The Morgan fingerprint density at radius 2 is 1.92 bits per heavy atom. The number of amides is 1. The van der Waals surface area contributed by atoms with Crippen molar-refractivity contribution in [1.82, 2.24) is 9.88 Å². The summed E-state index contributed by atoms with van der Waals surface area (Å²) in [5.41, 5.74) is 1.99. The third-order valence-electron chi connectivity index (χ3n) is 4.31. The van der Waals surface area contributed by atoms with Gasteiger partial charge in [-0.15, -0.1) is 0 Å². The van der Waals surface area contributed by atoms with E-state index in [2.05, 4.69) is 36.3 Å². The normalized spacial score (nSPS) is 12.2. The molecule has 1 atom stereocenters. The molecule has 0 radical (unpaired) electrons. The summed E-state index contributed by atoms with van der Waals surface area (Å²) in [5, 5.41) is 4.02. The van der Waals surface area contributed by atoms with Crippen LogP contribution in [0.1, 0.15) is 60.6 Å². The maximum atomic E-state index is 13.1. The van der Waals surface area contributed by atoms with Crippen LogP contribution >= 0.6 is 11.3 Å². The monoisotopic (exact) mass is 359 g/mol. The quantitative estimate of drug-likeness (QED) is 0.710. The van der Waals surface area contributed by atoms with Gasteiger partial charge in [0, 0.05) is 13.6 Å². The zero-order chi connectivity index (χ0) is 18.4. The molecule has 2 aromatic rings. The van der Waals surface area contributed by atoms with Crippen LogP contribution in [0.2, 0.25) is 0 Å². The van der Waals surface area contributed by atoms with E-state index in [0.29, 0.717) is 5.92 Å². The molecule has 136 valence electrons. The Labute approximate surface area is 155 Å². The van der Waals surface area contributed by atoms with Gasteiger partial charge in [0.2, 0.25) is 0 Å². The van der Waals surface area contributed by atoms with Gasteiger partial charge in [0.25, 0.3) is 5.91 Å². The number of anilines is 1. The number of thiazole rings is 1. The van der Waals surface area contributed by atoms with Gasteiger partial charge in [-0.2, -0.15) is 0 Å². The van der Waals surface area contributed by atoms with Gasteiger partial charge in [0.15, 0.2) is 5.13 Å². The minimum Gasteiger partial charge on any atom is -0.362 e. The van der Waals surface area contributed by atoms with E-state index in [1.807, 2.05) is 44.0 Å². The predicted octanol–water partition coefficient (Wildman–Crippen LogP) is 5.13. The minimum atomic E-state index is 0.0526. The Kier molecular flexibility index (Phi) is 7.00. The highest BCUT2D eigenvalue weighted by Gasteiger charge is 2.26. The lowest BCUT2D eigenvalue weighted by Gasteiger charge is -2.29. The van der Waals surface area contributed by atoms with Gasteiger partial charge < -0.3 is 10.2 Å². The first kappa shape index (κ1) is 19.4. The average molecular weight is 360 g/mol. The van der Waals surface area contributed by atoms with Crippen molar-refractivity contribution >= 4 is 22.4 Å². The molecule has 0 saturated carbocycles. The number of aryl methyl sites for hydroxylation is 1. The van der Waals surface area contributed by atoms with Crippen LogP contribution < -0.4 is 5.32 Å². The molecule has 1 heterocycles. The second-order valence-corrected chi connectivity index (χ2v) is 7.78. The first-order valence-electron chi connectivity index (χ1n) is 8.97. The highest BCUT2D eigenvalue weighted by molar-refractivity contribution is 7.17. The lowest BCUT2D eigenvalue weighted by molar-refractivity contribution is 0.0721. The summed E-state index contributed by atoms with van der Waals surface area (Å²) in [4.78, 5) is 20.2. The summed E-state index contributed by atoms with van der Waals surface area (Å²) in [7, 11) is 1.91. The Balaban J connectivity index is 2.25. The molecule has 0 saturated heterocycles. The highest BCUT2D eigenvalue weighted by Crippen LogP contribution is 2.30. The Morgan fingerprint density at radius 1 is 1.24 bits per heavy atom. The third-order valence-corrected chi connectivity index (χ3v) is 5.41. The second-order valence-electron chi connectivity index (χ2n) is 6.78. The number of hydrogen-bond acceptors (Lipinski definition) is 4. The molecular formula is C20H29N3OS. The number of benzene rings is 1. The zero-order valence-corrected chi connectivity index (χ0v) is 16.7. The SMILES string of the molecule is CCNc1nc(C)c(C(=O)N(C)C(CCC(C)C)c2ccccc2)s1. The van der Waals surface area contributed by atoms with E-state index in [0.717, 1.165) is 35.1 Å². The van der Waals surface area contributed by atoms with Crippen LogP contribution in [0.15, 0.2) is 30.3 Å². The van der Waals surface area contributed by atoms with Gasteiger partial charge in [-0.3, -0.25) is 4.79 Å². The van der Waals surface area contributed by atoms with Crippen molar-refractivity contribution in [3.63, 3.8) is 0 Å². The molecule has 1 aromatic heterocycles. The van der Waals surface area contributed by atoms with Gasteiger partial charge in [-0.05, 0) is 38.2 Å². The number of nitrogens with zero attached hydrogens (tertiary/aromatic N) is 2. The number of rotatable bonds is 8. The van der Waals surface area contributed by atoms with Crippen molar-refractivity contribution in [1.29, 1.82) is 0 Å². The largest absolute Gasteiger partial charge is 0.362 e. The number of carbonyl (C=O) groups excluding carboxylic acids is 1. The smallest absolute Gasteiger partial charge is 0.266 e. The molecule has 25 heavy (non-hydrogen) atoms. The van der Waals surface area contributed by atoms with Crippen molar-refractivity contribution < 1.29 is 4.79 Å². The number of hydrogen-bond donors (Lipinski definition) is 1. The maximum Gasteiger partial charge on any atom is 0.266 e. The van der Waals surface area contributed by atoms with Gasteiger partial charge >= 0.3 is 0 Å². The second kappa shape index (κ2) is 8.99. The van der Waals surface area contributed by atoms with Crippen LogP contribution in [0.3, 0.4) is 0 Å². The molecule has 0 aliphatic carbocycles. The van der Waals surface area contributed by atoms with Crippen molar-refractivity contribution in [2.45, 2.75) is 46.6 Å². The summed E-state index contributed by atoms with van der Waals surface area (Å²) >= 11 is 1.44. The molecule has 0 aliphatic rings. The zero-order valence-electron chi connectivity index (χ0n) is 15.9. The first-order chi connectivity index (χ1) is 11.9. The Bertz CT molecular complexity index is 682. The van der Waals surface area contributed by atoms with E-state index in [1.54, 1.807) is 0 Å². The minimum absolute atomic E-state index is 0.0526. The Hall–Kier alpha value is -1.88. The number of nitrogens with one attached hydrogen (secondary N) is 1. The molecule has 0 spiro atoms. The molecule has 1 aromatic carbocycles. The molecule has 1 amide bonds. The topological polar surface area (TPSA) is 45.2 Å². The van der Waals surface area contributed by atoms with Crippen LogP contribution in [0, 0.1) is 12.8 Å². The molecule has 5 heteroatoms. The predicted molar refractivity (Wildman–Crippen MR) is 106 cm³/mol. The standard InChI is InChI=1S/C20H29N3OS/c1-6-21-20-22-15(4)18(25-20)19(24)23(5)17(13-12-14(2)3)16-10-8-7-9-11-16/h7-11,14,17H,6,12-13H2,1-5H3,(H,21,22). The van der Waals surface area contributed by atoms with Gasteiger partial charge in [0.05, 0.1) is 11.7 Å². The molecule has 1 unspecified atom stereocenters. The van der Waals surface area contributed by atoms with Crippen LogP contribution in [0.4, 0.5) is 5.13 Å². The molecule has 0 aliphatic heterocycles. The van der Waals surface area contributed by atoms with Crippen LogP contribution in [0.5, 0.6) is 0 Å². The van der Waals surface area contributed by atoms with Crippen molar-refractivity contribution in [3.05, 3.63) is 46.5 Å². The van der Waals surface area contributed by atoms with Gasteiger partial charge in [0.1, 0.15) is 4.88 Å². The summed E-state index contributed by atoms with van der Waals surface area (Å²) in [6, 6.07) is 10.4. The summed E-state index contributed by atoms with van der Waals surface area (Å²) in [6.45, 7) is 9.18. The lowest BCUT2D eigenvalue weighted by Crippen LogP contribution is -2.31. The molecule has 1 N–H and O–H groups in total. The van der Waals surface area contributed by atoms with Crippen molar-refractivity contribution in [2.24, 2.45) is 5.92 Å². The van der Waals surface area contributed by atoms with Crippen LogP contribution in [-0.4, -0.2) is 29.4 Å². The van der Waals surface area contributed by atoms with E-state index in [4.69, 9.17) is 0 Å². The van der Waals surface area contributed by atoms with Crippen molar-refractivity contribution in [2.75, 3.05) is 18.9 Å². The van der Waals surface area contributed by atoms with Crippen LogP contribution in [0.25, 0.3) is 0 Å². The number of aromatic nitrogens is 1. The van der Waals surface area contributed by atoms with Crippen molar-refractivity contribution in [3.8, 4) is 0 Å². The van der Waals surface area contributed by atoms with E-state index >= 15 is 0 Å². The third kappa shape index (κ3) is 5.05. The molecular weight excluding hydrogens is 330 g/mol. The van der Waals surface area contributed by atoms with E-state index in [9.17, 15) is 4.79 Å². The summed E-state index contributed by atoms with van der Waals surface area (Å²) < 4.78 is 0. The summed E-state index contributed by atoms with van der Waals surface area (Å²) in [6.07, 6.45) is 2.04. The van der Waals surface area contributed by atoms with E-state index in [-0.39, 0.29) is 11.9 Å². The average Bonchev–Trinajstić information content (AvgIpc) is 2.95. The summed E-state index contributed by atoms with van der Waals surface area (Å²) in [5.74, 6) is 0.664. The van der Waals surface area contributed by atoms with Gasteiger partial charge in [-0.25, -0.2) is 4.98 Å². The Morgan fingerprint density at radius 3 is 2.52 bits per heavy atom. The fraction of sp³-hybridized carbons (Fsp3) is 0.500.